The highest BCUT2D eigenvalue weighted by atomic mass is 16.4. The van der Waals surface area contributed by atoms with Crippen LogP contribution < -0.4 is 26.6 Å². The molecule has 0 atom stereocenters. The monoisotopic (exact) mass is 956 g/mol. The summed E-state index contributed by atoms with van der Waals surface area (Å²) < 4.78 is 28.0. The van der Waals surface area contributed by atoms with Crippen molar-refractivity contribution in [2.45, 2.75) is 106 Å². The van der Waals surface area contributed by atoms with E-state index in [2.05, 4.69) is 219 Å². The first-order chi connectivity index (χ1) is 35.1. The Kier molecular flexibility index (Phi) is 10.2. The summed E-state index contributed by atoms with van der Waals surface area (Å²) >= 11 is 0. The molecule has 6 nitrogen and oxygen atoms in total. The molecule has 0 amide bonds. The molecule has 0 saturated heterocycles. The van der Waals surface area contributed by atoms with Crippen molar-refractivity contribution >= 4 is 91.7 Å². The van der Waals surface area contributed by atoms with E-state index in [1.54, 1.807) is 0 Å². The number of nitrogens with zero attached hydrogens (tertiary/aromatic N) is 2. The average molecular weight is 957 g/mol. The number of fused-ring (bicyclic) bond motifs is 10. The largest absolute Gasteiger partial charge is 0.468 e. The van der Waals surface area contributed by atoms with Gasteiger partial charge in [0, 0.05) is 44.4 Å². The highest BCUT2D eigenvalue weighted by molar-refractivity contribution is 6.99. The molecule has 0 saturated carbocycles. The number of furan rings is 4. The number of allylic oxidation sites excluding steroid dienone is 6. The minimum absolute atomic E-state index is 0.0850. The Hall–Kier alpha value is -7.64. The van der Waals surface area contributed by atoms with E-state index in [0.29, 0.717) is 0 Å². The van der Waals surface area contributed by atoms with Crippen molar-refractivity contribution in [1.29, 1.82) is 0 Å². The minimum Gasteiger partial charge on any atom is -0.468 e. The zero-order valence-corrected chi connectivity index (χ0v) is 43.7. The van der Waals surface area contributed by atoms with E-state index in [-0.39, 0.29) is 17.5 Å². The predicted octanol–water partition coefficient (Wildman–Crippen LogP) is 16.6. The van der Waals surface area contributed by atoms with E-state index >= 15 is 0 Å². The molecule has 0 spiro atoms. The van der Waals surface area contributed by atoms with Gasteiger partial charge in [0.15, 0.2) is 0 Å². The van der Waals surface area contributed by atoms with Crippen molar-refractivity contribution in [3.63, 3.8) is 0 Å². The van der Waals surface area contributed by atoms with Gasteiger partial charge in [0.2, 0.25) is 0 Å². The van der Waals surface area contributed by atoms with E-state index in [1.165, 1.54) is 22.3 Å². The molecule has 5 aromatic carbocycles. The lowest BCUT2D eigenvalue weighted by atomic mass is 9.37. The van der Waals surface area contributed by atoms with Gasteiger partial charge in [-0.3, -0.25) is 0 Å². The van der Waals surface area contributed by atoms with Crippen LogP contribution in [0.5, 0.6) is 0 Å². The van der Waals surface area contributed by atoms with Crippen LogP contribution in [0.15, 0.2) is 145 Å². The molecule has 9 aromatic rings. The third kappa shape index (κ3) is 7.21. The van der Waals surface area contributed by atoms with Gasteiger partial charge in [0.25, 0.3) is 0 Å². The van der Waals surface area contributed by atoms with Gasteiger partial charge >= 0.3 is 6.71 Å². The first-order valence-electron chi connectivity index (χ1n) is 26.1. The zero-order valence-electron chi connectivity index (χ0n) is 43.7. The summed E-state index contributed by atoms with van der Waals surface area (Å²) in [5, 5.41) is 2.17. The Morgan fingerprint density at radius 3 is 1.29 bits per heavy atom. The maximum absolute atomic E-state index is 7.37. The molecule has 4 aromatic heterocycles. The highest BCUT2D eigenvalue weighted by Gasteiger charge is 2.50. The number of hydrogen-bond donors (Lipinski definition) is 0. The van der Waals surface area contributed by atoms with Crippen molar-refractivity contribution in [3.8, 4) is 22.6 Å². The Morgan fingerprint density at radius 2 is 0.877 bits per heavy atom. The van der Waals surface area contributed by atoms with Crippen LogP contribution in [0.3, 0.4) is 0 Å². The second kappa shape index (κ2) is 16.4. The lowest BCUT2D eigenvalue weighted by molar-refractivity contribution is 0.568. The van der Waals surface area contributed by atoms with Gasteiger partial charge in [-0.2, -0.15) is 0 Å². The molecule has 0 unspecified atom stereocenters. The topological polar surface area (TPSA) is 59.0 Å². The van der Waals surface area contributed by atoms with Crippen LogP contribution in [-0.2, 0) is 23.7 Å². The molecule has 7 heteroatoms. The third-order valence-corrected chi connectivity index (χ3v) is 15.7. The fourth-order valence-corrected chi connectivity index (χ4v) is 12.1. The summed E-state index contributed by atoms with van der Waals surface area (Å²) in [5.41, 5.74) is 22.6. The molecule has 13 rings (SSSR count). The molecular formula is C66H61BN2O4. The third-order valence-electron chi connectivity index (χ3n) is 15.7. The summed E-state index contributed by atoms with van der Waals surface area (Å²) in [6, 6.07) is 34.0. The van der Waals surface area contributed by atoms with Gasteiger partial charge < -0.3 is 27.5 Å². The molecule has 0 bridgehead atoms. The van der Waals surface area contributed by atoms with Gasteiger partial charge in [-0.15, -0.1) is 0 Å². The van der Waals surface area contributed by atoms with Crippen LogP contribution in [-0.4, -0.2) is 6.71 Å². The maximum Gasteiger partial charge on any atom is 0.342 e. The molecule has 362 valence electrons. The van der Waals surface area contributed by atoms with E-state index in [4.69, 9.17) is 17.7 Å². The van der Waals surface area contributed by atoms with Crippen molar-refractivity contribution < 1.29 is 17.7 Å². The van der Waals surface area contributed by atoms with Crippen LogP contribution in [0.2, 0.25) is 0 Å². The predicted molar refractivity (Wildman–Crippen MR) is 305 cm³/mol. The van der Waals surface area contributed by atoms with Gasteiger partial charge in [-0.1, -0.05) is 96.2 Å². The molecule has 2 aliphatic heterocycles. The lowest BCUT2D eigenvalue weighted by Crippen LogP contribution is -2.60. The summed E-state index contributed by atoms with van der Waals surface area (Å²) in [6.07, 6.45) is 21.0. The summed E-state index contributed by atoms with van der Waals surface area (Å²) in [4.78, 5) is 5.01. The lowest BCUT2D eigenvalue weighted by Gasteiger charge is -2.42. The molecular weight excluding hydrogens is 896 g/mol. The van der Waals surface area contributed by atoms with E-state index in [0.717, 1.165) is 155 Å². The number of aryl methyl sites for hydroxylation is 4. The van der Waals surface area contributed by atoms with Crippen LogP contribution >= 0.6 is 0 Å². The van der Waals surface area contributed by atoms with Crippen LogP contribution in [0.25, 0.3) is 56.7 Å². The SMILES string of the molecule is Cc1cc(-c2cc3c(o2)/C=C\C/C=C\C3)cc(C)c1N1c2cccc3c2B(c2oc4ccc(C(C)(C)C)cc4c21)c1oc2ccc(C(C)(C)C)cc2c1N3c1c(C)cc(-c2cc3c(o2)/C=C\C/C=C\C3)cc1C. The van der Waals surface area contributed by atoms with E-state index in [9.17, 15) is 0 Å². The van der Waals surface area contributed by atoms with E-state index in [1.807, 2.05) is 0 Å². The molecule has 6 heterocycles. The van der Waals surface area contributed by atoms with Crippen molar-refractivity contribution in [2.24, 2.45) is 0 Å². The highest BCUT2D eigenvalue weighted by Crippen LogP contribution is 2.52. The fraction of sp³-hybridized carbons (Fsp3) is 0.242. The molecule has 0 N–H and O–H groups in total. The molecule has 0 radical (unpaired) electrons. The second-order valence-corrected chi connectivity index (χ2v) is 22.9. The zero-order chi connectivity index (χ0) is 50.2. The van der Waals surface area contributed by atoms with Gasteiger partial charge in [-0.25, -0.2) is 0 Å². The smallest absolute Gasteiger partial charge is 0.342 e. The average Bonchev–Trinajstić information content (AvgIpc) is 4.12. The van der Waals surface area contributed by atoms with Crippen molar-refractivity contribution in [2.75, 3.05) is 9.80 Å². The quantitative estimate of drug-likeness (QED) is 0.129. The first-order valence-corrected chi connectivity index (χ1v) is 26.1. The Balaban J connectivity index is 1.06. The fourth-order valence-electron chi connectivity index (χ4n) is 12.1. The van der Waals surface area contributed by atoms with Crippen LogP contribution in [0.4, 0.5) is 34.1 Å². The van der Waals surface area contributed by atoms with Gasteiger partial charge in [0.1, 0.15) is 45.5 Å². The minimum atomic E-state index is -0.339. The molecule has 2 aliphatic carbocycles. The number of benzene rings is 5. The first kappa shape index (κ1) is 45.2. The Bertz CT molecular complexity index is 3610. The molecule has 4 aliphatic rings. The van der Waals surface area contributed by atoms with Crippen LogP contribution in [0.1, 0.15) is 110 Å². The number of hydrogen-bond acceptors (Lipinski definition) is 6. The summed E-state index contributed by atoms with van der Waals surface area (Å²) in [6.45, 7) is 22.3. The van der Waals surface area contributed by atoms with Crippen LogP contribution in [0, 0.1) is 27.7 Å². The van der Waals surface area contributed by atoms with Gasteiger partial charge in [-0.05, 0) is 188 Å². The maximum atomic E-state index is 7.37. The molecule has 0 fully saturated rings. The van der Waals surface area contributed by atoms with E-state index < -0.39 is 0 Å². The Morgan fingerprint density at radius 1 is 0.452 bits per heavy atom. The van der Waals surface area contributed by atoms with Crippen molar-refractivity contribution in [3.05, 3.63) is 183 Å². The normalized spacial score (nSPS) is 16.8. The summed E-state index contributed by atoms with van der Waals surface area (Å²) in [5.74, 6) is 3.64. The standard InChI is InChI=1S/C66H61BN2O4/c1-38-30-44(56-34-42-20-15-11-13-17-24-52(42)70-56)31-39(2)59(38)68-50-22-19-23-51-58(50)67(63-61(68)48-36-46(65(5,6)7)26-28-54(48)72-63)64-62(49-37-47(66(8,9)10)27-29-55(49)73-64)69(51)60-40(3)32-45(33-41(60)4)57-35-43-21-16-12-14-18-25-53(43)71-57/h11-12,15-19,22-37H,13-14,20-21H2,1-10H3/b15-11-,16-12-,24-17-,25-18-. The van der Waals surface area contributed by atoms with Crippen molar-refractivity contribution in [1.82, 2.24) is 0 Å². The Labute approximate surface area is 429 Å². The number of anilines is 6. The molecule has 73 heavy (non-hydrogen) atoms. The van der Waals surface area contributed by atoms with Gasteiger partial charge in [0.05, 0.1) is 22.7 Å². The summed E-state index contributed by atoms with van der Waals surface area (Å²) in [7, 11) is 0. The number of rotatable bonds is 4. The second-order valence-electron chi connectivity index (χ2n) is 22.9.